The molecule has 0 amide bonds. The van der Waals surface area contributed by atoms with Crippen LogP contribution < -0.4 is 5.73 Å². The molecular formula is C13H14N6. The molecule has 3 rings (SSSR count). The predicted molar refractivity (Wildman–Crippen MR) is 72.5 cm³/mol. The number of rotatable bonds is 2. The van der Waals surface area contributed by atoms with Crippen molar-refractivity contribution in [3.63, 3.8) is 0 Å². The average molecular weight is 254 g/mol. The molecule has 19 heavy (non-hydrogen) atoms. The van der Waals surface area contributed by atoms with Crippen LogP contribution in [0.4, 0.5) is 5.95 Å². The highest BCUT2D eigenvalue weighted by Gasteiger charge is 2.11. The highest BCUT2D eigenvalue weighted by atomic mass is 15.2. The fourth-order valence-electron chi connectivity index (χ4n) is 2.07. The van der Waals surface area contributed by atoms with Crippen LogP contribution in [0.3, 0.4) is 0 Å². The zero-order valence-electron chi connectivity index (χ0n) is 10.8. The van der Waals surface area contributed by atoms with Crippen LogP contribution >= 0.6 is 0 Å². The van der Waals surface area contributed by atoms with Gasteiger partial charge in [0.25, 0.3) is 0 Å². The lowest BCUT2D eigenvalue weighted by atomic mass is 10.3. The lowest BCUT2D eigenvalue weighted by Crippen LogP contribution is -2.07. The van der Waals surface area contributed by atoms with Crippen LogP contribution in [0.25, 0.3) is 11.2 Å². The molecule has 3 heterocycles. The van der Waals surface area contributed by atoms with Crippen molar-refractivity contribution in [1.82, 2.24) is 24.5 Å². The third-order valence-corrected chi connectivity index (χ3v) is 3.02. The Morgan fingerprint density at radius 3 is 2.68 bits per heavy atom. The molecule has 0 aliphatic rings. The molecule has 0 aliphatic carbocycles. The van der Waals surface area contributed by atoms with E-state index in [-0.39, 0.29) is 0 Å². The van der Waals surface area contributed by atoms with Gasteiger partial charge in [0.15, 0.2) is 5.65 Å². The summed E-state index contributed by atoms with van der Waals surface area (Å²) in [6, 6.07) is 3.79. The molecule has 0 fully saturated rings. The molecule has 0 atom stereocenters. The number of imidazole rings is 1. The van der Waals surface area contributed by atoms with E-state index in [4.69, 9.17) is 5.73 Å². The lowest BCUT2D eigenvalue weighted by Gasteiger charge is -2.05. The molecule has 0 aliphatic heterocycles. The molecule has 0 aromatic carbocycles. The standard InChI is InChI=1S/C13H14N6/c1-8-3-5-16-12-11(8)18-13(14)19(12)7-10-4-6-15-9(2)17-10/h3-6H,7H2,1-2H3,(H2,14,18). The summed E-state index contributed by atoms with van der Waals surface area (Å²) in [4.78, 5) is 17.2. The van der Waals surface area contributed by atoms with Gasteiger partial charge in [-0.25, -0.2) is 19.9 Å². The van der Waals surface area contributed by atoms with E-state index in [2.05, 4.69) is 19.9 Å². The summed E-state index contributed by atoms with van der Waals surface area (Å²) in [7, 11) is 0. The van der Waals surface area contributed by atoms with E-state index in [1.807, 2.05) is 30.5 Å². The van der Waals surface area contributed by atoms with E-state index in [1.165, 1.54) is 0 Å². The smallest absolute Gasteiger partial charge is 0.202 e. The summed E-state index contributed by atoms with van der Waals surface area (Å²) in [5.74, 6) is 1.19. The SMILES string of the molecule is Cc1nccc(Cn2c(N)nc3c(C)ccnc32)n1. The van der Waals surface area contributed by atoms with Gasteiger partial charge in [0.2, 0.25) is 5.95 Å². The number of nitrogens with zero attached hydrogens (tertiary/aromatic N) is 5. The number of fused-ring (bicyclic) bond motifs is 1. The summed E-state index contributed by atoms with van der Waals surface area (Å²) in [5, 5.41) is 0. The first-order valence-corrected chi connectivity index (χ1v) is 6.01. The van der Waals surface area contributed by atoms with Crippen LogP contribution in [-0.2, 0) is 6.54 Å². The maximum absolute atomic E-state index is 5.98. The number of aryl methyl sites for hydroxylation is 2. The van der Waals surface area contributed by atoms with E-state index in [1.54, 1.807) is 12.4 Å². The normalized spacial score (nSPS) is 11.1. The Balaban J connectivity index is 2.10. The van der Waals surface area contributed by atoms with Gasteiger partial charge >= 0.3 is 0 Å². The predicted octanol–water partition coefficient (Wildman–Crippen LogP) is 1.47. The van der Waals surface area contributed by atoms with E-state index in [0.29, 0.717) is 12.5 Å². The van der Waals surface area contributed by atoms with Crippen molar-refractivity contribution < 1.29 is 0 Å². The Kier molecular flexibility index (Phi) is 2.63. The van der Waals surface area contributed by atoms with Crippen molar-refractivity contribution in [3.05, 3.63) is 41.6 Å². The number of nitrogen functional groups attached to an aromatic ring is 1. The van der Waals surface area contributed by atoms with Gasteiger partial charge in [0, 0.05) is 12.4 Å². The maximum atomic E-state index is 5.98. The fourth-order valence-corrected chi connectivity index (χ4v) is 2.07. The minimum atomic E-state index is 0.452. The third kappa shape index (κ3) is 2.01. The van der Waals surface area contributed by atoms with Crippen molar-refractivity contribution in [2.45, 2.75) is 20.4 Å². The molecule has 6 nitrogen and oxygen atoms in total. The van der Waals surface area contributed by atoms with Crippen LogP contribution in [0, 0.1) is 13.8 Å². The van der Waals surface area contributed by atoms with Gasteiger partial charge in [-0.05, 0) is 31.5 Å². The first-order valence-electron chi connectivity index (χ1n) is 6.01. The van der Waals surface area contributed by atoms with Crippen molar-refractivity contribution in [1.29, 1.82) is 0 Å². The van der Waals surface area contributed by atoms with Crippen molar-refractivity contribution >= 4 is 17.1 Å². The summed E-state index contributed by atoms with van der Waals surface area (Å²) >= 11 is 0. The van der Waals surface area contributed by atoms with Gasteiger partial charge in [-0.2, -0.15) is 0 Å². The number of aromatic nitrogens is 5. The van der Waals surface area contributed by atoms with Gasteiger partial charge in [-0.1, -0.05) is 0 Å². The molecule has 0 saturated heterocycles. The van der Waals surface area contributed by atoms with Gasteiger partial charge in [0.1, 0.15) is 11.3 Å². The zero-order valence-corrected chi connectivity index (χ0v) is 10.8. The number of anilines is 1. The summed E-state index contributed by atoms with van der Waals surface area (Å²) < 4.78 is 1.87. The van der Waals surface area contributed by atoms with E-state index in [0.717, 1.165) is 28.2 Å². The quantitative estimate of drug-likeness (QED) is 0.748. The molecule has 0 saturated carbocycles. The Hall–Kier alpha value is -2.50. The monoisotopic (exact) mass is 254 g/mol. The number of hydrogen-bond acceptors (Lipinski definition) is 5. The molecule has 0 unspecified atom stereocenters. The van der Waals surface area contributed by atoms with Gasteiger partial charge in [0.05, 0.1) is 12.2 Å². The minimum Gasteiger partial charge on any atom is -0.369 e. The highest BCUT2D eigenvalue weighted by Crippen LogP contribution is 2.19. The average Bonchev–Trinajstić information content (AvgIpc) is 2.69. The minimum absolute atomic E-state index is 0.452. The molecule has 0 bridgehead atoms. The van der Waals surface area contributed by atoms with Crippen molar-refractivity contribution in [2.75, 3.05) is 5.73 Å². The molecule has 0 radical (unpaired) electrons. The second-order valence-corrected chi connectivity index (χ2v) is 4.45. The largest absolute Gasteiger partial charge is 0.369 e. The molecule has 96 valence electrons. The number of nitrogens with two attached hydrogens (primary N) is 1. The Bertz CT molecular complexity index is 746. The summed E-state index contributed by atoms with van der Waals surface area (Å²) in [5.41, 5.74) is 9.56. The first-order chi connectivity index (χ1) is 9.15. The van der Waals surface area contributed by atoms with Gasteiger partial charge < -0.3 is 5.73 Å². The van der Waals surface area contributed by atoms with Crippen LogP contribution in [0.15, 0.2) is 24.5 Å². The van der Waals surface area contributed by atoms with E-state index < -0.39 is 0 Å². The molecule has 3 aromatic heterocycles. The van der Waals surface area contributed by atoms with E-state index in [9.17, 15) is 0 Å². The molecule has 6 heteroatoms. The highest BCUT2D eigenvalue weighted by molar-refractivity contribution is 5.77. The summed E-state index contributed by atoms with van der Waals surface area (Å²) in [6.07, 6.45) is 3.51. The fraction of sp³-hybridized carbons (Fsp3) is 0.231. The van der Waals surface area contributed by atoms with Gasteiger partial charge in [-0.3, -0.25) is 4.57 Å². The molecule has 2 N–H and O–H groups in total. The molecule has 3 aromatic rings. The first kappa shape index (κ1) is 11.6. The molecular weight excluding hydrogens is 240 g/mol. The maximum Gasteiger partial charge on any atom is 0.202 e. The summed E-state index contributed by atoms with van der Waals surface area (Å²) in [6.45, 7) is 4.40. The van der Waals surface area contributed by atoms with Crippen LogP contribution in [0.5, 0.6) is 0 Å². The number of hydrogen-bond donors (Lipinski definition) is 1. The second-order valence-electron chi connectivity index (χ2n) is 4.45. The number of pyridine rings is 1. The Morgan fingerprint density at radius 2 is 1.89 bits per heavy atom. The Labute approximate surface area is 110 Å². The van der Waals surface area contributed by atoms with E-state index >= 15 is 0 Å². The zero-order chi connectivity index (χ0) is 13.4. The van der Waals surface area contributed by atoms with Gasteiger partial charge in [-0.15, -0.1) is 0 Å². The van der Waals surface area contributed by atoms with Crippen LogP contribution in [0.1, 0.15) is 17.1 Å². The Morgan fingerprint density at radius 1 is 1.11 bits per heavy atom. The van der Waals surface area contributed by atoms with Crippen molar-refractivity contribution in [3.8, 4) is 0 Å². The third-order valence-electron chi connectivity index (χ3n) is 3.02. The topological polar surface area (TPSA) is 82.5 Å². The van der Waals surface area contributed by atoms with Crippen LogP contribution in [0.2, 0.25) is 0 Å². The van der Waals surface area contributed by atoms with Crippen molar-refractivity contribution in [2.24, 2.45) is 0 Å². The lowest BCUT2D eigenvalue weighted by molar-refractivity contribution is 0.787. The van der Waals surface area contributed by atoms with Crippen LogP contribution in [-0.4, -0.2) is 24.5 Å². The second kappa shape index (κ2) is 4.31. The molecule has 0 spiro atoms.